The van der Waals surface area contributed by atoms with Crippen molar-refractivity contribution >= 4 is 17.0 Å². The minimum absolute atomic E-state index is 0.461. The largest absolute Gasteiger partial charge is 0.415 e. The summed E-state index contributed by atoms with van der Waals surface area (Å²) < 4.78 is 4.54. The van der Waals surface area contributed by atoms with Crippen LogP contribution in [0.25, 0.3) is 0 Å². The lowest BCUT2D eigenvalue weighted by Gasteiger charge is -1.95. The van der Waals surface area contributed by atoms with Gasteiger partial charge in [-0.25, -0.2) is 4.79 Å². The van der Waals surface area contributed by atoms with Crippen molar-refractivity contribution in [3.8, 4) is 5.75 Å². The van der Waals surface area contributed by atoms with Gasteiger partial charge in [0.25, 0.3) is 0 Å². The molecule has 0 bridgehead atoms. The zero-order chi connectivity index (χ0) is 12.5. The molecule has 0 aromatic heterocycles. The normalized spacial score (nSPS) is 8.82. The molecule has 0 spiro atoms. The van der Waals surface area contributed by atoms with Crippen molar-refractivity contribution in [2.45, 2.75) is 6.92 Å². The second-order valence-corrected chi connectivity index (χ2v) is 3.62. The average molecular weight is 249 g/mol. The SMILES string of the molecule is Cc1ccccc1.O=C(Cl)Oc1ccccc1. The van der Waals surface area contributed by atoms with Crippen LogP contribution in [0.15, 0.2) is 60.7 Å². The molecule has 0 heterocycles. The number of para-hydroxylation sites is 1. The Morgan fingerprint density at radius 1 is 0.941 bits per heavy atom. The summed E-state index contributed by atoms with van der Waals surface area (Å²) in [4.78, 5) is 10.2. The fourth-order valence-electron chi connectivity index (χ4n) is 1.12. The molecule has 0 saturated carbocycles. The highest BCUT2D eigenvalue weighted by atomic mass is 35.5. The Balaban J connectivity index is 0.000000181. The molecule has 88 valence electrons. The summed E-state index contributed by atoms with van der Waals surface area (Å²) >= 11 is 4.95. The maximum Gasteiger partial charge on any atom is 0.409 e. The summed E-state index contributed by atoms with van der Waals surface area (Å²) in [7, 11) is 0. The molecule has 0 N–H and O–H groups in total. The lowest BCUT2D eigenvalue weighted by atomic mass is 10.2. The molecule has 17 heavy (non-hydrogen) atoms. The van der Waals surface area contributed by atoms with Gasteiger partial charge >= 0.3 is 5.43 Å². The summed E-state index contributed by atoms with van der Waals surface area (Å²) in [5.41, 5.74) is 0.508. The third-order valence-electron chi connectivity index (χ3n) is 1.88. The van der Waals surface area contributed by atoms with Crippen LogP contribution in [0.2, 0.25) is 0 Å². The smallest absolute Gasteiger partial charge is 0.409 e. The summed E-state index contributed by atoms with van der Waals surface area (Å²) in [6, 6.07) is 18.9. The number of ether oxygens (including phenoxy) is 1. The highest BCUT2D eigenvalue weighted by Gasteiger charge is 1.95. The average Bonchev–Trinajstić information content (AvgIpc) is 2.31. The Labute approximate surface area is 106 Å². The van der Waals surface area contributed by atoms with E-state index in [1.165, 1.54) is 5.56 Å². The Bertz CT molecular complexity index is 440. The number of halogens is 1. The van der Waals surface area contributed by atoms with Crippen LogP contribution in [0, 0.1) is 6.92 Å². The number of hydrogen-bond acceptors (Lipinski definition) is 2. The second kappa shape index (κ2) is 7.47. The van der Waals surface area contributed by atoms with Gasteiger partial charge in [0.2, 0.25) is 0 Å². The molecule has 2 aromatic rings. The fraction of sp³-hybridized carbons (Fsp3) is 0.0714. The number of aryl methyl sites for hydroxylation is 1. The number of carbonyl (C=O) groups excluding carboxylic acids is 1. The van der Waals surface area contributed by atoms with E-state index in [0.29, 0.717) is 5.75 Å². The molecule has 0 aliphatic rings. The van der Waals surface area contributed by atoms with E-state index < -0.39 is 5.43 Å². The number of rotatable bonds is 1. The Morgan fingerprint density at radius 2 is 1.41 bits per heavy atom. The van der Waals surface area contributed by atoms with E-state index in [2.05, 4.69) is 23.8 Å². The van der Waals surface area contributed by atoms with Gasteiger partial charge in [0.05, 0.1) is 0 Å². The van der Waals surface area contributed by atoms with E-state index >= 15 is 0 Å². The minimum atomic E-state index is -0.814. The minimum Gasteiger partial charge on any atom is -0.415 e. The van der Waals surface area contributed by atoms with Gasteiger partial charge in [-0.1, -0.05) is 54.1 Å². The lowest BCUT2D eigenvalue weighted by Crippen LogP contribution is -1.94. The molecule has 0 unspecified atom stereocenters. The summed E-state index contributed by atoms with van der Waals surface area (Å²) in [5, 5.41) is 0. The second-order valence-electron chi connectivity index (χ2n) is 3.31. The van der Waals surface area contributed by atoms with Crippen LogP contribution >= 0.6 is 11.6 Å². The maximum absolute atomic E-state index is 10.2. The van der Waals surface area contributed by atoms with Crippen molar-refractivity contribution in [2.75, 3.05) is 0 Å². The lowest BCUT2D eigenvalue weighted by molar-refractivity contribution is 0.225. The van der Waals surface area contributed by atoms with E-state index in [-0.39, 0.29) is 0 Å². The van der Waals surface area contributed by atoms with Gasteiger partial charge in [0, 0.05) is 11.6 Å². The molecule has 0 atom stereocenters. The van der Waals surface area contributed by atoms with Crippen LogP contribution in [-0.4, -0.2) is 5.43 Å². The van der Waals surface area contributed by atoms with Gasteiger partial charge in [0.1, 0.15) is 5.75 Å². The van der Waals surface area contributed by atoms with E-state index in [1.807, 2.05) is 24.3 Å². The molecule has 0 aliphatic heterocycles. The first-order valence-corrected chi connectivity index (χ1v) is 5.50. The van der Waals surface area contributed by atoms with Crippen molar-refractivity contribution < 1.29 is 9.53 Å². The van der Waals surface area contributed by atoms with Crippen LogP contribution in [0.3, 0.4) is 0 Å². The molecule has 0 radical (unpaired) electrons. The topological polar surface area (TPSA) is 26.3 Å². The summed E-state index contributed by atoms with van der Waals surface area (Å²) in [5.74, 6) is 0.461. The molecule has 2 aromatic carbocycles. The predicted octanol–water partition coefficient (Wildman–Crippen LogP) is 4.42. The van der Waals surface area contributed by atoms with Crippen molar-refractivity contribution in [3.63, 3.8) is 0 Å². The Hall–Kier alpha value is -1.80. The fourth-order valence-corrected chi connectivity index (χ4v) is 1.20. The molecule has 2 nitrogen and oxygen atoms in total. The van der Waals surface area contributed by atoms with Crippen LogP contribution in [0.1, 0.15) is 5.56 Å². The first-order valence-electron chi connectivity index (χ1n) is 5.12. The number of hydrogen-bond donors (Lipinski definition) is 0. The van der Waals surface area contributed by atoms with Crippen LogP contribution in [-0.2, 0) is 0 Å². The maximum atomic E-state index is 10.2. The first kappa shape index (κ1) is 13.3. The molecular formula is C14H13ClO2. The quantitative estimate of drug-likeness (QED) is 0.699. The predicted molar refractivity (Wildman–Crippen MR) is 69.5 cm³/mol. The molecule has 2 rings (SSSR count). The third kappa shape index (κ3) is 6.38. The van der Waals surface area contributed by atoms with Crippen LogP contribution in [0.5, 0.6) is 5.75 Å². The number of carbonyl (C=O) groups is 1. The summed E-state index contributed by atoms with van der Waals surface area (Å²) in [6.07, 6.45) is 0. The van der Waals surface area contributed by atoms with E-state index in [0.717, 1.165) is 0 Å². The first-order chi connectivity index (χ1) is 8.18. The van der Waals surface area contributed by atoms with Crippen molar-refractivity contribution in [3.05, 3.63) is 66.2 Å². The molecule has 0 fully saturated rings. The molecule has 0 saturated heterocycles. The van der Waals surface area contributed by atoms with Gasteiger partial charge < -0.3 is 4.74 Å². The van der Waals surface area contributed by atoms with Gasteiger partial charge in [-0.15, -0.1) is 0 Å². The third-order valence-corrected chi connectivity index (χ3v) is 1.96. The highest BCUT2D eigenvalue weighted by molar-refractivity contribution is 6.61. The molecule has 0 aliphatic carbocycles. The zero-order valence-electron chi connectivity index (χ0n) is 9.47. The highest BCUT2D eigenvalue weighted by Crippen LogP contribution is 2.09. The van der Waals surface area contributed by atoms with Crippen molar-refractivity contribution in [2.24, 2.45) is 0 Å². The van der Waals surface area contributed by atoms with Crippen LogP contribution < -0.4 is 4.74 Å². The molecule has 0 amide bonds. The van der Waals surface area contributed by atoms with Crippen molar-refractivity contribution in [1.82, 2.24) is 0 Å². The Kier molecular flexibility index (Phi) is 5.83. The Morgan fingerprint density at radius 3 is 1.76 bits per heavy atom. The van der Waals surface area contributed by atoms with Gasteiger partial charge in [0.15, 0.2) is 0 Å². The van der Waals surface area contributed by atoms with E-state index in [1.54, 1.807) is 24.3 Å². The summed E-state index contributed by atoms with van der Waals surface area (Å²) in [6.45, 7) is 2.08. The van der Waals surface area contributed by atoms with Gasteiger partial charge in [-0.3, -0.25) is 0 Å². The van der Waals surface area contributed by atoms with Crippen LogP contribution in [0.4, 0.5) is 4.79 Å². The molecular weight excluding hydrogens is 236 g/mol. The monoisotopic (exact) mass is 248 g/mol. The van der Waals surface area contributed by atoms with E-state index in [9.17, 15) is 4.79 Å². The van der Waals surface area contributed by atoms with Crippen molar-refractivity contribution in [1.29, 1.82) is 0 Å². The van der Waals surface area contributed by atoms with Gasteiger partial charge in [-0.05, 0) is 19.1 Å². The zero-order valence-corrected chi connectivity index (χ0v) is 10.2. The standard InChI is InChI=1S/C7H5ClO2.C7H8/c8-7(9)10-6-4-2-1-3-5-6;1-7-5-3-2-4-6-7/h1-5H;2-6H,1H3. The van der Waals surface area contributed by atoms with Gasteiger partial charge in [-0.2, -0.15) is 0 Å². The number of benzene rings is 2. The van der Waals surface area contributed by atoms with E-state index in [4.69, 9.17) is 11.6 Å². The molecule has 3 heteroatoms.